The van der Waals surface area contributed by atoms with Gasteiger partial charge < -0.3 is 10.2 Å². The standard InChI is InChI=1S/C19H16FN5O/c20-16-5-3-15(4-6-16)17-7-2-14(12-21-17)13-24-11-8-18(26)23-19(24)25-10-1-9-22-25/h1-12,19H,13H2,(H,23,26). The Balaban J connectivity index is 1.53. The first kappa shape index (κ1) is 16.0. The number of carbonyl (C=O) groups excluding carboxylic acids is 1. The zero-order valence-corrected chi connectivity index (χ0v) is 13.8. The number of rotatable bonds is 4. The normalized spacial score (nSPS) is 16.6. The molecular formula is C19H16FN5O. The summed E-state index contributed by atoms with van der Waals surface area (Å²) in [7, 11) is 0. The van der Waals surface area contributed by atoms with Gasteiger partial charge in [-0.25, -0.2) is 9.07 Å². The molecule has 0 saturated carbocycles. The quantitative estimate of drug-likeness (QED) is 0.787. The van der Waals surface area contributed by atoms with Crippen LogP contribution in [0.25, 0.3) is 11.3 Å². The lowest BCUT2D eigenvalue weighted by Gasteiger charge is -2.33. The van der Waals surface area contributed by atoms with Crippen molar-refractivity contribution in [1.82, 2.24) is 25.0 Å². The van der Waals surface area contributed by atoms with Gasteiger partial charge >= 0.3 is 0 Å². The van der Waals surface area contributed by atoms with E-state index < -0.39 is 0 Å². The second kappa shape index (κ2) is 6.79. The molecule has 1 N–H and O–H groups in total. The van der Waals surface area contributed by atoms with E-state index in [-0.39, 0.29) is 18.0 Å². The highest BCUT2D eigenvalue weighted by Crippen LogP contribution is 2.20. The Hall–Kier alpha value is -3.48. The molecule has 0 bridgehead atoms. The molecule has 4 rings (SSSR count). The molecule has 1 atom stereocenters. The molecule has 2 aromatic heterocycles. The van der Waals surface area contributed by atoms with Crippen LogP contribution in [0.2, 0.25) is 0 Å². The third kappa shape index (κ3) is 3.32. The summed E-state index contributed by atoms with van der Waals surface area (Å²) in [6.45, 7) is 0.554. The van der Waals surface area contributed by atoms with Crippen molar-refractivity contribution in [2.45, 2.75) is 12.8 Å². The van der Waals surface area contributed by atoms with Gasteiger partial charge in [0, 0.05) is 43.0 Å². The lowest BCUT2D eigenvalue weighted by molar-refractivity contribution is -0.120. The minimum absolute atomic E-state index is 0.161. The lowest BCUT2D eigenvalue weighted by Crippen LogP contribution is -2.44. The van der Waals surface area contributed by atoms with Crippen LogP contribution in [0.1, 0.15) is 11.9 Å². The number of carbonyl (C=O) groups is 1. The molecule has 1 amide bonds. The smallest absolute Gasteiger partial charge is 0.248 e. The molecule has 1 unspecified atom stereocenters. The van der Waals surface area contributed by atoms with Gasteiger partial charge in [0.2, 0.25) is 12.2 Å². The van der Waals surface area contributed by atoms with Gasteiger partial charge in [0.25, 0.3) is 0 Å². The summed E-state index contributed by atoms with van der Waals surface area (Å²) in [5, 5.41) is 7.08. The Bertz CT molecular complexity index is 920. The molecule has 26 heavy (non-hydrogen) atoms. The molecule has 0 radical (unpaired) electrons. The number of nitrogens with one attached hydrogen (secondary N) is 1. The topological polar surface area (TPSA) is 63.1 Å². The van der Waals surface area contributed by atoms with Gasteiger partial charge in [-0.3, -0.25) is 9.78 Å². The van der Waals surface area contributed by atoms with Gasteiger partial charge in [-0.1, -0.05) is 6.07 Å². The first-order valence-corrected chi connectivity index (χ1v) is 8.13. The van der Waals surface area contributed by atoms with Crippen molar-refractivity contribution in [3.05, 3.63) is 84.7 Å². The first-order chi connectivity index (χ1) is 12.7. The number of halogens is 1. The Morgan fingerprint density at radius 1 is 1.15 bits per heavy atom. The van der Waals surface area contributed by atoms with Crippen LogP contribution in [-0.2, 0) is 11.3 Å². The highest BCUT2D eigenvalue weighted by molar-refractivity contribution is 5.88. The molecular weight excluding hydrogens is 333 g/mol. The minimum atomic E-state index is -0.390. The number of amides is 1. The van der Waals surface area contributed by atoms with Gasteiger partial charge in [-0.2, -0.15) is 5.10 Å². The fourth-order valence-corrected chi connectivity index (χ4v) is 2.81. The summed E-state index contributed by atoms with van der Waals surface area (Å²) < 4.78 is 14.7. The molecule has 6 nitrogen and oxygen atoms in total. The molecule has 130 valence electrons. The van der Waals surface area contributed by atoms with E-state index in [1.165, 1.54) is 18.2 Å². The van der Waals surface area contributed by atoms with E-state index in [4.69, 9.17) is 0 Å². The van der Waals surface area contributed by atoms with Crippen molar-refractivity contribution in [3.8, 4) is 11.3 Å². The number of nitrogens with zero attached hydrogens (tertiary/aromatic N) is 4. The van der Waals surface area contributed by atoms with E-state index in [0.717, 1.165) is 16.8 Å². The van der Waals surface area contributed by atoms with E-state index in [9.17, 15) is 9.18 Å². The fraction of sp³-hybridized carbons (Fsp3) is 0.105. The average molecular weight is 349 g/mol. The molecule has 3 heterocycles. The number of benzene rings is 1. The van der Waals surface area contributed by atoms with E-state index >= 15 is 0 Å². The highest BCUT2D eigenvalue weighted by atomic mass is 19.1. The van der Waals surface area contributed by atoms with Crippen molar-refractivity contribution in [3.63, 3.8) is 0 Å². The molecule has 0 fully saturated rings. The Morgan fingerprint density at radius 3 is 2.69 bits per heavy atom. The van der Waals surface area contributed by atoms with Crippen LogP contribution in [0, 0.1) is 5.82 Å². The predicted molar refractivity (Wildman–Crippen MR) is 93.7 cm³/mol. The lowest BCUT2D eigenvalue weighted by atomic mass is 10.1. The van der Waals surface area contributed by atoms with Crippen molar-refractivity contribution in [2.75, 3.05) is 0 Å². The summed E-state index contributed by atoms with van der Waals surface area (Å²) in [6.07, 6.45) is 8.09. The van der Waals surface area contributed by atoms with Crippen LogP contribution >= 0.6 is 0 Å². The first-order valence-electron chi connectivity index (χ1n) is 8.13. The van der Waals surface area contributed by atoms with Crippen molar-refractivity contribution < 1.29 is 9.18 Å². The van der Waals surface area contributed by atoms with Gasteiger partial charge in [0.15, 0.2) is 0 Å². The summed E-state index contributed by atoms with van der Waals surface area (Å²) in [4.78, 5) is 18.1. The maximum Gasteiger partial charge on any atom is 0.248 e. The fourth-order valence-electron chi connectivity index (χ4n) is 2.81. The molecule has 1 aliphatic rings. The van der Waals surface area contributed by atoms with Crippen molar-refractivity contribution in [2.24, 2.45) is 0 Å². The Kier molecular flexibility index (Phi) is 4.18. The largest absolute Gasteiger partial charge is 0.335 e. The summed E-state index contributed by atoms with van der Waals surface area (Å²) >= 11 is 0. The zero-order chi connectivity index (χ0) is 17.9. The van der Waals surface area contributed by atoms with Crippen LogP contribution in [0.3, 0.4) is 0 Å². The van der Waals surface area contributed by atoms with Crippen LogP contribution in [0.15, 0.2) is 73.3 Å². The van der Waals surface area contributed by atoms with Crippen molar-refractivity contribution in [1.29, 1.82) is 0 Å². The van der Waals surface area contributed by atoms with E-state index in [1.807, 2.05) is 23.1 Å². The second-order valence-electron chi connectivity index (χ2n) is 5.91. The number of pyridine rings is 1. The maximum atomic E-state index is 13.0. The van der Waals surface area contributed by atoms with Crippen LogP contribution in [-0.4, -0.2) is 25.6 Å². The molecule has 0 saturated heterocycles. The zero-order valence-electron chi connectivity index (χ0n) is 13.8. The van der Waals surface area contributed by atoms with E-state index in [1.54, 1.807) is 41.6 Å². The minimum Gasteiger partial charge on any atom is -0.335 e. The Labute approximate surface area is 149 Å². The number of hydrogen-bond acceptors (Lipinski definition) is 4. The third-order valence-corrected chi connectivity index (χ3v) is 4.11. The molecule has 7 heteroatoms. The van der Waals surface area contributed by atoms with Crippen LogP contribution in [0.4, 0.5) is 4.39 Å². The predicted octanol–water partition coefficient (Wildman–Crippen LogP) is 2.69. The van der Waals surface area contributed by atoms with Gasteiger partial charge in [-0.15, -0.1) is 0 Å². The summed E-state index contributed by atoms with van der Waals surface area (Å²) in [5.41, 5.74) is 2.62. The summed E-state index contributed by atoms with van der Waals surface area (Å²) in [6, 6.07) is 11.9. The SMILES string of the molecule is O=C1C=CN(Cc2ccc(-c3ccc(F)cc3)nc2)C(n2cccn2)N1. The van der Waals surface area contributed by atoms with E-state index in [2.05, 4.69) is 15.4 Å². The average Bonchev–Trinajstić information content (AvgIpc) is 3.19. The van der Waals surface area contributed by atoms with Crippen LogP contribution < -0.4 is 5.32 Å². The molecule has 1 aliphatic heterocycles. The molecule has 0 aliphatic carbocycles. The summed E-state index contributed by atoms with van der Waals surface area (Å²) in [5.74, 6) is -0.430. The van der Waals surface area contributed by atoms with Gasteiger partial charge in [0.1, 0.15) is 5.82 Å². The third-order valence-electron chi connectivity index (χ3n) is 4.11. The molecule has 3 aromatic rings. The highest BCUT2D eigenvalue weighted by Gasteiger charge is 2.23. The van der Waals surface area contributed by atoms with E-state index in [0.29, 0.717) is 6.54 Å². The molecule has 0 spiro atoms. The second-order valence-corrected chi connectivity index (χ2v) is 5.91. The Morgan fingerprint density at radius 2 is 2.00 bits per heavy atom. The van der Waals surface area contributed by atoms with Crippen LogP contribution in [0.5, 0.6) is 0 Å². The monoisotopic (exact) mass is 349 g/mol. The molecule has 1 aromatic carbocycles. The van der Waals surface area contributed by atoms with Crippen molar-refractivity contribution >= 4 is 5.91 Å². The number of aromatic nitrogens is 3. The number of hydrogen-bond donors (Lipinski definition) is 1. The maximum absolute atomic E-state index is 13.0. The van der Waals surface area contributed by atoms with Gasteiger partial charge in [0.05, 0.1) is 5.69 Å². The van der Waals surface area contributed by atoms with Gasteiger partial charge in [-0.05, 0) is 42.0 Å².